The molecule has 0 atom stereocenters. The lowest BCUT2D eigenvalue weighted by Gasteiger charge is -1.96. The molecule has 0 spiro atoms. The molecular weight excluding hydrogens is 244 g/mol. The largest absolute Gasteiger partial charge is 0.463 e. The smallest absolute Gasteiger partial charge is 0.194 e. The standard InChI is InChI=1S/C11H9ClN2OS/c1-7-10(9-3-2-4-15-9)14-6-8(5-12)13-11(14)16-7/h2-4,6H,5H2,1H3. The number of fused-ring (bicyclic) bond motifs is 1. The van der Waals surface area contributed by atoms with Crippen molar-refractivity contribution in [2.24, 2.45) is 0 Å². The SMILES string of the molecule is Cc1sc2nc(CCl)cn2c1-c1ccco1. The molecule has 0 aliphatic heterocycles. The van der Waals surface area contributed by atoms with E-state index in [1.54, 1.807) is 17.6 Å². The molecule has 0 aromatic carbocycles. The van der Waals surface area contributed by atoms with Crippen molar-refractivity contribution < 1.29 is 4.42 Å². The summed E-state index contributed by atoms with van der Waals surface area (Å²) in [6, 6.07) is 3.84. The Kier molecular flexibility index (Phi) is 2.26. The molecule has 0 fully saturated rings. The number of alkyl halides is 1. The average Bonchev–Trinajstić information content (AvgIpc) is 2.92. The zero-order valence-electron chi connectivity index (χ0n) is 8.61. The van der Waals surface area contributed by atoms with Gasteiger partial charge in [-0.3, -0.25) is 4.40 Å². The molecule has 0 saturated carbocycles. The van der Waals surface area contributed by atoms with Crippen molar-refractivity contribution in [1.29, 1.82) is 0 Å². The number of thiazole rings is 1. The van der Waals surface area contributed by atoms with Crippen LogP contribution >= 0.6 is 22.9 Å². The minimum absolute atomic E-state index is 0.436. The molecule has 0 aliphatic carbocycles. The van der Waals surface area contributed by atoms with Crippen molar-refractivity contribution in [2.45, 2.75) is 12.8 Å². The van der Waals surface area contributed by atoms with Gasteiger partial charge in [0.15, 0.2) is 10.7 Å². The van der Waals surface area contributed by atoms with Crippen LogP contribution in [0, 0.1) is 6.92 Å². The van der Waals surface area contributed by atoms with E-state index in [0.29, 0.717) is 5.88 Å². The molecule has 0 unspecified atom stereocenters. The topological polar surface area (TPSA) is 30.4 Å². The molecule has 0 aliphatic rings. The Morgan fingerprint density at radius 1 is 1.56 bits per heavy atom. The summed E-state index contributed by atoms with van der Waals surface area (Å²) in [4.78, 5) is 6.58. The normalized spacial score (nSPS) is 11.4. The fourth-order valence-electron chi connectivity index (χ4n) is 1.77. The summed E-state index contributed by atoms with van der Waals surface area (Å²) < 4.78 is 7.47. The van der Waals surface area contributed by atoms with Crippen molar-refractivity contribution in [3.63, 3.8) is 0 Å². The first-order chi connectivity index (χ1) is 7.79. The van der Waals surface area contributed by atoms with Crippen molar-refractivity contribution in [3.8, 4) is 11.5 Å². The van der Waals surface area contributed by atoms with Gasteiger partial charge in [0, 0.05) is 11.1 Å². The van der Waals surface area contributed by atoms with Crippen LogP contribution in [0.4, 0.5) is 0 Å². The fraction of sp³-hybridized carbons (Fsp3) is 0.182. The van der Waals surface area contributed by atoms with Crippen LogP contribution in [0.1, 0.15) is 10.6 Å². The lowest BCUT2D eigenvalue weighted by molar-refractivity contribution is 0.579. The molecule has 0 amide bonds. The maximum absolute atomic E-state index is 5.78. The highest BCUT2D eigenvalue weighted by Gasteiger charge is 2.15. The molecule has 0 bridgehead atoms. The Labute approximate surface area is 101 Å². The van der Waals surface area contributed by atoms with Crippen LogP contribution in [0.2, 0.25) is 0 Å². The fourth-order valence-corrected chi connectivity index (χ4v) is 2.87. The number of aromatic nitrogens is 2. The van der Waals surface area contributed by atoms with Crippen LogP contribution in [-0.4, -0.2) is 9.38 Å². The van der Waals surface area contributed by atoms with E-state index in [2.05, 4.69) is 11.9 Å². The van der Waals surface area contributed by atoms with Crippen molar-refractivity contribution >= 4 is 27.9 Å². The summed E-state index contributed by atoms with van der Waals surface area (Å²) in [6.07, 6.45) is 3.64. The van der Waals surface area contributed by atoms with Crippen molar-refractivity contribution in [1.82, 2.24) is 9.38 Å². The minimum atomic E-state index is 0.436. The van der Waals surface area contributed by atoms with Gasteiger partial charge in [0.25, 0.3) is 0 Å². The third-order valence-corrected chi connectivity index (χ3v) is 3.68. The number of nitrogens with zero attached hydrogens (tertiary/aromatic N) is 2. The van der Waals surface area contributed by atoms with Crippen molar-refractivity contribution in [2.75, 3.05) is 0 Å². The number of aryl methyl sites for hydroxylation is 1. The average molecular weight is 253 g/mol. The van der Waals surface area contributed by atoms with E-state index < -0.39 is 0 Å². The van der Waals surface area contributed by atoms with Gasteiger partial charge in [-0.1, -0.05) is 0 Å². The second kappa shape index (κ2) is 3.64. The second-order valence-corrected chi connectivity index (χ2v) is 4.95. The zero-order valence-corrected chi connectivity index (χ0v) is 10.2. The molecule has 3 rings (SSSR count). The van der Waals surface area contributed by atoms with E-state index in [9.17, 15) is 0 Å². The lowest BCUT2D eigenvalue weighted by Crippen LogP contribution is -1.83. The monoisotopic (exact) mass is 252 g/mol. The maximum Gasteiger partial charge on any atom is 0.194 e. The first-order valence-electron chi connectivity index (χ1n) is 4.87. The number of halogens is 1. The Morgan fingerprint density at radius 3 is 3.12 bits per heavy atom. The van der Waals surface area contributed by atoms with Crippen LogP contribution in [0.5, 0.6) is 0 Å². The van der Waals surface area contributed by atoms with Crippen molar-refractivity contribution in [3.05, 3.63) is 35.2 Å². The predicted octanol–water partition coefficient (Wildman–Crippen LogP) is 3.70. The Bertz CT molecular complexity index is 624. The van der Waals surface area contributed by atoms with Gasteiger partial charge < -0.3 is 4.42 Å². The molecule has 0 saturated heterocycles. The maximum atomic E-state index is 5.78. The number of furan rings is 1. The van der Waals surface area contributed by atoms with Crippen LogP contribution in [-0.2, 0) is 5.88 Å². The summed E-state index contributed by atoms with van der Waals surface area (Å²) in [6.45, 7) is 2.07. The zero-order chi connectivity index (χ0) is 11.1. The van der Waals surface area contributed by atoms with E-state index >= 15 is 0 Å². The minimum Gasteiger partial charge on any atom is -0.463 e. The Hall–Kier alpha value is -1.26. The van der Waals surface area contributed by atoms with E-state index in [4.69, 9.17) is 16.0 Å². The van der Waals surface area contributed by atoms with Gasteiger partial charge >= 0.3 is 0 Å². The van der Waals surface area contributed by atoms with E-state index in [-0.39, 0.29) is 0 Å². The summed E-state index contributed by atoms with van der Waals surface area (Å²) in [7, 11) is 0. The number of imidazole rings is 1. The molecular formula is C11H9ClN2OS. The molecule has 3 heterocycles. The lowest BCUT2D eigenvalue weighted by atomic mass is 10.3. The highest BCUT2D eigenvalue weighted by molar-refractivity contribution is 7.17. The molecule has 3 aromatic rings. The first-order valence-corrected chi connectivity index (χ1v) is 6.22. The van der Waals surface area contributed by atoms with Crippen LogP contribution < -0.4 is 0 Å². The molecule has 0 N–H and O–H groups in total. The molecule has 5 heteroatoms. The number of hydrogen-bond donors (Lipinski definition) is 0. The molecule has 3 nitrogen and oxygen atoms in total. The molecule has 82 valence electrons. The summed E-state index contributed by atoms with van der Waals surface area (Å²) in [5, 5.41) is 0. The van der Waals surface area contributed by atoms with E-state index in [1.807, 2.05) is 22.7 Å². The highest BCUT2D eigenvalue weighted by Crippen LogP contribution is 2.31. The quantitative estimate of drug-likeness (QED) is 0.651. The summed E-state index contributed by atoms with van der Waals surface area (Å²) >= 11 is 7.42. The van der Waals surface area contributed by atoms with E-state index in [0.717, 1.165) is 22.1 Å². The number of hydrogen-bond acceptors (Lipinski definition) is 3. The highest BCUT2D eigenvalue weighted by atomic mass is 35.5. The van der Waals surface area contributed by atoms with Crippen LogP contribution in [0.15, 0.2) is 29.0 Å². The third-order valence-electron chi connectivity index (χ3n) is 2.43. The molecule has 3 aromatic heterocycles. The summed E-state index contributed by atoms with van der Waals surface area (Å²) in [5.74, 6) is 1.30. The van der Waals surface area contributed by atoms with Gasteiger partial charge in [0.1, 0.15) is 5.69 Å². The van der Waals surface area contributed by atoms with E-state index in [1.165, 1.54) is 4.88 Å². The van der Waals surface area contributed by atoms with Gasteiger partial charge in [0.05, 0.1) is 17.8 Å². The van der Waals surface area contributed by atoms with Gasteiger partial charge in [0.2, 0.25) is 0 Å². The molecule has 16 heavy (non-hydrogen) atoms. The second-order valence-electron chi connectivity index (χ2n) is 3.50. The first kappa shape index (κ1) is 9.93. The van der Waals surface area contributed by atoms with Gasteiger partial charge in [-0.05, 0) is 19.1 Å². The van der Waals surface area contributed by atoms with Crippen LogP contribution in [0.3, 0.4) is 0 Å². The predicted molar refractivity (Wildman–Crippen MR) is 65.1 cm³/mol. The summed E-state index contributed by atoms with van der Waals surface area (Å²) in [5.41, 5.74) is 1.95. The Morgan fingerprint density at radius 2 is 2.44 bits per heavy atom. The third kappa shape index (κ3) is 1.37. The Balaban J connectivity index is 2.29. The molecule has 0 radical (unpaired) electrons. The van der Waals surface area contributed by atoms with Gasteiger partial charge in [-0.2, -0.15) is 0 Å². The van der Waals surface area contributed by atoms with Crippen LogP contribution in [0.25, 0.3) is 16.4 Å². The van der Waals surface area contributed by atoms with Gasteiger partial charge in [-0.25, -0.2) is 4.98 Å². The number of rotatable bonds is 2. The van der Waals surface area contributed by atoms with Gasteiger partial charge in [-0.15, -0.1) is 22.9 Å².